The molecule has 0 spiro atoms. The molecule has 19 heavy (non-hydrogen) atoms. The smallest absolute Gasteiger partial charge is 0.162 e. The van der Waals surface area contributed by atoms with Crippen LogP contribution in [0.25, 0.3) is 0 Å². The van der Waals surface area contributed by atoms with Crippen LogP contribution in [0.4, 0.5) is 5.69 Å². The molecule has 4 N–H and O–H groups in total. The molecule has 4 nitrogen and oxygen atoms in total. The minimum Gasteiger partial charge on any atom is -0.493 e. The normalized spacial score (nSPS) is 10.2. The molecule has 2 aromatic rings. The molecular formula is C15H18N2O2. The topological polar surface area (TPSA) is 70.5 Å². The Bertz CT molecular complexity index is 541. The number of hydrogen-bond donors (Lipinski definition) is 2. The van der Waals surface area contributed by atoms with Gasteiger partial charge in [0, 0.05) is 18.3 Å². The van der Waals surface area contributed by atoms with Crippen molar-refractivity contribution in [2.45, 2.75) is 13.2 Å². The maximum atomic E-state index is 5.87. The lowest BCUT2D eigenvalue weighted by Crippen LogP contribution is -2.04. The minimum atomic E-state index is 0.373. The van der Waals surface area contributed by atoms with Gasteiger partial charge in [-0.25, -0.2) is 0 Å². The summed E-state index contributed by atoms with van der Waals surface area (Å²) in [5, 5.41) is 0. The monoisotopic (exact) mass is 258 g/mol. The van der Waals surface area contributed by atoms with Gasteiger partial charge < -0.3 is 20.9 Å². The molecule has 0 radical (unpaired) electrons. The Morgan fingerprint density at radius 3 is 2.42 bits per heavy atom. The standard InChI is InChI=1S/C15H18N2O2/c1-18-14-8-13(17)12(9-16)7-15(14)19-10-11-5-3-2-4-6-11/h2-8H,9-10,16-17H2,1H3. The highest BCUT2D eigenvalue weighted by atomic mass is 16.5. The summed E-state index contributed by atoms with van der Waals surface area (Å²) in [5.41, 5.74) is 14.1. The molecule has 0 aliphatic rings. The predicted octanol–water partition coefficient (Wildman–Crippen LogP) is 2.32. The van der Waals surface area contributed by atoms with Gasteiger partial charge in [-0.2, -0.15) is 0 Å². The van der Waals surface area contributed by atoms with E-state index in [2.05, 4.69) is 0 Å². The van der Waals surface area contributed by atoms with Crippen LogP contribution < -0.4 is 20.9 Å². The van der Waals surface area contributed by atoms with E-state index in [1.807, 2.05) is 36.4 Å². The molecule has 100 valence electrons. The van der Waals surface area contributed by atoms with Crippen LogP contribution in [0.3, 0.4) is 0 Å². The van der Waals surface area contributed by atoms with E-state index in [1.165, 1.54) is 0 Å². The van der Waals surface area contributed by atoms with Crippen molar-refractivity contribution >= 4 is 5.69 Å². The van der Waals surface area contributed by atoms with Crippen molar-refractivity contribution in [3.63, 3.8) is 0 Å². The number of benzene rings is 2. The molecule has 0 aliphatic heterocycles. The van der Waals surface area contributed by atoms with E-state index in [0.29, 0.717) is 30.3 Å². The van der Waals surface area contributed by atoms with Gasteiger partial charge >= 0.3 is 0 Å². The van der Waals surface area contributed by atoms with Gasteiger partial charge in [-0.05, 0) is 17.2 Å². The van der Waals surface area contributed by atoms with Gasteiger partial charge in [0.05, 0.1) is 7.11 Å². The van der Waals surface area contributed by atoms with Crippen molar-refractivity contribution in [3.05, 3.63) is 53.6 Å². The van der Waals surface area contributed by atoms with Crippen LogP contribution in [0.1, 0.15) is 11.1 Å². The Balaban J connectivity index is 2.19. The van der Waals surface area contributed by atoms with Gasteiger partial charge in [0.15, 0.2) is 11.5 Å². The molecule has 0 saturated heterocycles. The third-order valence-electron chi connectivity index (χ3n) is 2.88. The first-order valence-electron chi connectivity index (χ1n) is 6.07. The van der Waals surface area contributed by atoms with Crippen molar-refractivity contribution in [2.75, 3.05) is 12.8 Å². The highest BCUT2D eigenvalue weighted by Gasteiger charge is 2.09. The van der Waals surface area contributed by atoms with Gasteiger partial charge in [0.1, 0.15) is 6.61 Å². The number of rotatable bonds is 5. The quantitative estimate of drug-likeness (QED) is 0.807. The van der Waals surface area contributed by atoms with E-state index in [9.17, 15) is 0 Å². The summed E-state index contributed by atoms with van der Waals surface area (Å²) in [6.45, 7) is 0.850. The van der Waals surface area contributed by atoms with Crippen molar-refractivity contribution in [2.24, 2.45) is 5.73 Å². The van der Waals surface area contributed by atoms with Crippen LogP contribution in [0.5, 0.6) is 11.5 Å². The summed E-state index contributed by atoms with van der Waals surface area (Å²) in [5.74, 6) is 1.27. The van der Waals surface area contributed by atoms with Crippen molar-refractivity contribution in [1.82, 2.24) is 0 Å². The molecule has 0 unspecified atom stereocenters. The average molecular weight is 258 g/mol. The van der Waals surface area contributed by atoms with Crippen molar-refractivity contribution in [3.8, 4) is 11.5 Å². The molecule has 0 atom stereocenters. The van der Waals surface area contributed by atoms with E-state index in [4.69, 9.17) is 20.9 Å². The average Bonchev–Trinajstić information content (AvgIpc) is 2.46. The van der Waals surface area contributed by atoms with Gasteiger partial charge in [0.2, 0.25) is 0 Å². The van der Waals surface area contributed by atoms with Gasteiger partial charge in [0.25, 0.3) is 0 Å². The summed E-state index contributed by atoms with van der Waals surface area (Å²) in [7, 11) is 1.59. The number of ether oxygens (including phenoxy) is 2. The third kappa shape index (κ3) is 3.17. The van der Waals surface area contributed by atoms with E-state index in [-0.39, 0.29) is 0 Å². The molecule has 0 aliphatic carbocycles. The molecule has 2 rings (SSSR count). The van der Waals surface area contributed by atoms with E-state index >= 15 is 0 Å². The summed E-state index contributed by atoms with van der Waals surface area (Å²) in [6, 6.07) is 13.5. The second-order valence-corrected chi connectivity index (χ2v) is 4.18. The number of methoxy groups -OCH3 is 1. The highest BCUT2D eigenvalue weighted by molar-refractivity contribution is 5.57. The summed E-state index contributed by atoms with van der Waals surface area (Å²) >= 11 is 0. The number of hydrogen-bond acceptors (Lipinski definition) is 4. The largest absolute Gasteiger partial charge is 0.493 e. The second kappa shape index (κ2) is 6.11. The molecule has 2 aromatic carbocycles. The number of nitrogen functional groups attached to an aromatic ring is 1. The van der Waals surface area contributed by atoms with Gasteiger partial charge in [-0.3, -0.25) is 0 Å². The lowest BCUT2D eigenvalue weighted by atomic mass is 10.1. The van der Waals surface area contributed by atoms with E-state index < -0.39 is 0 Å². The molecule has 0 amide bonds. The van der Waals surface area contributed by atoms with Crippen molar-refractivity contribution in [1.29, 1.82) is 0 Å². The Morgan fingerprint density at radius 2 is 1.79 bits per heavy atom. The summed E-state index contributed by atoms with van der Waals surface area (Å²) < 4.78 is 11.0. The fraction of sp³-hybridized carbons (Fsp3) is 0.200. The predicted molar refractivity (Wildman–Crippen MR) is 76.1 cm³/mol. The summed E-state index contributed by atoms with van der Waals surface area (Å²) in [4.78, 5) is 0. The lowest BCUT2D eigenvalue weighted by Gasteiger charge is -2.13. The summed E-state index contributed by atoms with van der Waals surface area (Å²) in [6.07, 6.45) is 0. The molecule has 0 aromatic heterocycles. The molecule has 0 saturated carbocycles. The Hall–Kier alpha value is -2.20. The molecule has 0 fully saturated rings. The zero-order valence-corrected chi connectivity index (χ0v) is 10.9. The Morgan fingerprint density at radius 1 is 1.05 bits per heavy atom. The fourth-order valence-electron chi connectivity index (χ4n) is 1.80. The lowest BCUT2D eigenvalue weighted by molar-refractivity contribution is 0.284. The SMILES string of the molecule is COc1cc(N)c(CN)cc1OCc1ccccc1. The van der Waals surface area contributed by atoms with Crippen LogP contribution >= 0.6 is 0 Å². The molecule has 0 bridgehead atoms. The van der Waals surface area contributed by atoms with Crippen LogP contribution in [0.2, 0.25) is 0 Å². The fourth-order valence-corrected chi connectivity index (χ4v) is 1.80. The maximum Gasteiger partial charge on any atom is 0.162 e. The van der Waals surface area contributed by atoms with Crippen LogP contribution in [0.15, 0.2) is 42.5 Å². The number of nitrogens with two attached hydrogens (primary N) is 2. The van der Waals surface area contributed by atoms with Crippen LogP contribution in [0, 0.1) is 0 Å². The minimum absolute atomic E-state index is 0.373. The van der Waals surface area contributed by atoms with Gasteiger partial charge in [-0.15, -0.1) is 0 Å². The Kier molecular flexibility index (Phi) is 4.26. The second-order valence-electron chi connectivity index (χ2n) is 4.18. The van der Waals surface area contributed by atoms with Gasteiger partial charge in [-0.1, -0.05) is 30.3 Å². The van der Waals surface area contributed by atoms with E-state index in [0.717, 1.165) is 11.1 Å². The highest BCUT2D eigenvalue weighted by Crippen LogP contribution is 2.32. The molecular weight excluding hydrogens is 240 g/mol. The molecule has 0 heterocycles. The van der Waals surface area contributed by atoms with Crippen LogP contribution in [-0.2, 0) is 13.2 Å². The molecule has 4 heteroatoms. The first-order chi connectivity index (χ1) is 9.24. The first kappa shape index (κ1) is 13.2. The number of anilines is 1. The Labute approximate surface area is 112 Å². The van der Waals surface area contributed by atoms with Crippen molar-refractivity contribution < 1.29 is 9.47 Å². The maximum absolute atomic E-state index is 5.87. The zero-order chi connectivity index (χ0) is 13.7. The van der Waals surface area contributed by atoms with Crippen LogP contribution in [-0.4, -0.2) is 7.11 Å². The third-order valence-corrected chi connectivity index (χ3v) is 2.88. The first-order valence-corrected chi connectivity index (χ1v) is 6.07. The zero-order valence-electron chi connectivity index (χ0n) is 10.9. The van der Waals surface area contributed by atoms with E-state index in [1.54, 1.807) is 13.2 Å².